The predicted molar refractivity (Wildman–Crippen MR) is 134 cm³/mol. The molecule has 200 valence electrons. The summed E-state index contributed by atoms with van der Waals surface area (Å²) in [6, 6.07) is 0. The Morgan fingerprint density at radius 3 is 2.03 bits per heavy atom. The number of rotatable bonds is 7. The van der Waals surface area contributed by atoms with Gasteiger partial charge in [0.15, 0.2) is 0 Å². The van der Waals surface area contributed by atoms with E-state index in [1.807, 2.05) is 41.5 Å². The highest BCUT2D eigenvalue weighted by atomic mass is 16.6. The monoisotopic (exact) mass is 492 g/mol. The van der Waals surface area contributed by atoms with Gasteiger partial charge in [0, 0.05) is 11.8 Å². The molecule has 0 radical (unpaired) electrons. The van der Waals surface area contributed by atoms with Crippen molar-refractivity contribution in [2.24, 2.45) is 34.5 Å². The van der Waals surface area contributed by atoms with Crippen molar-refractivity contribution in [3.05, 3.63) is 0 Å². The summed E-state index contributed by atoms with van der Waals surface area (Å²) in [5.41, 5.74) is -1.11. The Balaban J connectivity index is 0.000000196. The van der Waals surface area contributed by atoms with Crippen LogP contribution in [0.5, 0.6) is 0 Å². The molecule has 3 aliphatic carbocycles. The first-order valence-corrected chi connectivity index (χ1v) is 13.9. The Labute approximate surface area is 212 Å². The highest BCUT2D eigenvalue weighted by Crippen LogP contribution is 2.55. The summed E-state index contributed by atoms with van der Waals surface area (Å²) in [7, 11) is 0. The molecule has 0 amide bonds. The fourth-order valence-electron chi connectivity index (χ4n) is 5.89. The number of ether oxygens (including phenoxy) is 3. The fraction of sp³-hybridized carbons (Fsp3) is 0.897. The Morgan fingerprint density at radius 2 is 1.46 bits per heavy atom. The fourth-order valence-corrected chi connectivity index (χ4v) is 5.89. The maximum atomic E-state index is 12.1. The number of hydrogen-bond acceptors (Lipinski definition) is 6. The molecule has 1 saturated heterocycles. The van der Waals surface area contributed by atoms with E-state index in [1.54, 1.807) is 0 Å². The molecule has 5 atom stereocenters. The zero-order valence-corrected chi connectivity index (χ0v) is 23.3. The van der Waals surface area contributed by atoms with E-state index in [-0.39, 0.29) is 47.0 Å². The van der Waals surface area contributed by atoms with Crippen LogP contribution in [-0.2, 0) is 28.6 Å². The van der Waals surface area contributed by atoms with Crippen LogP contribution in [0.2, 0.25) is 0 Å². The molecule has 5 unspecified atom stereocenters. The molecule has 3 saturated carbocycles. The van der Waals surface area contributed by atoms with E-state index in [0.29, 0.717) is 17.8 Å². The second kappa shape index (κ2) is 10.4. The number of esters is 3. The third kappa shape index (κ3) is 5.88. The average molecular weight is 493 g/mol. The van der Waals surface area contributed by atoms with Crippen molar-refractivity contribution in [1.82, 2.24) is 0 Å². The summed E-state index contributed by atoms with van der Waals surface area (Å²) in [5.74, 6) is 0.943. The molecule has 35 heavy (non-hydrogen) atoms. The van der Waals surface area contributed by atoms with Crippen LogP contribution in [0.3, 0.4) is 0 Å². The highest BCUT2D eigenvalue weighted by Gasteiger charge is 2.63. The van der Waals surface area contributed by atoms with Crippen molar-refractivity contribution in [3.63, 3.8) is 0 Å². The van der Waals surface area contributed by atoms with Crippen LogP contribution < -0.4 is 0 Å². The van der Waals surface area contributed by atoms with Gasteiger partial charge in [-0.1, -0.05) is 33.1 Å². The van der Waals surface area contributed by atoms with Gasteiger partial charge in [-0.2, -0.15) is 0 Å². The van der Waals surface area contributed by atoms with Gasteiger partial charge in [0.05, 0.1) is 16.7 Å². The van der Waals surface area contributed by atoms with Gasteiger partial charge in [-0.05, 0) is 86.0 Å². The first kappa shape index (κ1) is 28.0. The van der Waals surface area contributed by atoms with Crippen molar-refractivity contribution in [3.8, 4) is 0 Å². The minimum atomic E-state index is -0.455. The molecule has 0 N–H and O–H groups in total. The van der Waals surface area contributed by atoms with E-state index in [9.17, 15) is 14.4 Å². The highest BCUT2D eigenvalue weighted by molar-refractivity contribution is 5.78. The minimum Gasteiger partial charge on any atom is -0.459 e. The second-order valence-electron chi connectivity index (χ2n) is 13.1. The van der Waals surface area contributed by atoms with Crippen molar-refractivity contribution in [2.45, 2.75) is 131 Å². The molecule has 4 aliphatic rings. The van der Waals surface area contributed by atoms with Gasteiger partial charge < -0.3 is 14.2 Å². The van der Waals surface area contributed by atoms with Crippen molar-refractivity contribution in [1.29, 1.82) is 0 Å². The van der Waals surface area contributed by atoms with Crippen molar-refractivity contribution < 1.29 is 28.6 Å². The zero-order valence-electron chi connectivity index (χ0n) is 23.3. The van der Waals surface area contributed by atoms with Crippen molar-refractivity contribution >= 4 is 17.9 Å². The molecule has 0 spiro atoms. The van der Waals surface area contributed by atoms with Crippen LogP contribution in [0.4, 0.5) is 0 Å². The van der Waals surface area contributed by atoms with Crippen LogP contribution in [0.25, 0.3) is 0 Å². The molecular formula is C29H48O6. The summed E-state index contributed by atoms with van der Waals surface area (Å²) in [6.07, 6.45) is 9.32. The lowest BCUT2D eigenvalue weighted by Crippen LogP contribution is -2.41. The number of fused-ring (bicyclic) bond motifs is 1. The lowest BCUT2D eigenvalue weighted by molar-refractivity contribution is -0.174. The van der Waals surface area contributed by atoms with E-state index in [4.69, 9.17) is 14.2 Å². The van der Waals surface area contributed by atoms with Gasteiger partial charge >= 0.3 is 17.9 Å². The van der Waals surface area contributed by atoms with Gasteiger partial charge in [0.1, 0.15) is 17.8 Å². The second-order valence-corrected chi connectivity index (χ2v) is 13.1. The molecular weight excluding hydrogens is 444 g/mol. The number of carbonyl (C=O) groups excluding carboxylic acids is 3. The number of carbonyl (C=O) groups is 3. The Morgan fingerprint density at radius 1 is 0.886 bits per heavy atom. The molecule has 0 aromatic heterocycles. The molecule has 6 nitrogen and oxygen atoms in total. The summed E-state index contributed by atoms with van der Waals surface area (Å²) in [5, 5.41) is 0. The maximum absolute atomic E-state index is 12.1. The normalized spacial score (nSPS) is 30.4. The topological polar surface area (TPSA) is 78.9 Å². The third-order valence-corrected chi connectivity index (χ3v) is 9.47. The lowest BCUT2D eigenvalue weighted by Gasteiger charge is -2.38. The molecule has 4 fully saturated rings. The molecule has 0 aromatic rings. The van der Waals surface area contributed by atoms with Crippen LogP contribution in [0.1, 0.15) is 113 Å². The molecule has 0 aromatic carbocycles. The number of hydrogen-bond donors (Lipinski definition) is 0. The zero-order chi connectivity index (χ0) is 26.2. The van der Waals surface area contributed by atoms with E-state index in [2.05, 4.69) is 13.8 Å². The summed E-state index contributed by atoms with van der Waals surface area (Å²) in [6.45, 7) is 15.9. The third-order valence-electron chi connectivity index (χ3n) is 9.47. The van der Waals surface area contributed by atoms with E-state index in [1.165, 1.54) is 32.1 Å². The van der Waals surface area contributed by atoms with Crippen LogP contribution in [-0.4, -0.2) is 35.7 Å². The first-order valence-electron chi connectivity index (χ1n) is 13.9. The smallest absolute Gasteiger partial charge is 0.312 e. The largest absolute Gasteiger partial charge is 0.459 e. The maximum Gasteiger partial charge on any atom is 0.312 e. The lowest BCUT2D eigenvalue weighted by atomic mass is 9.78. The molecule has 6 heteroatoms. The van der Waals surface area contributed by atoms with E-state index < -0.39 is 5.41 Å². The van der Waals surface area contributed by atoms with Gasteiger partial charge in [-0.25, -0.2) is 0 Å². The first-order chi connectivity index (χ1) is 16.2. The van der Waals surface area contributed by atoms with Gasteiger partial charge in [0.25, 0.3) is 0 Å². The summed E-state index contributed by atoms with van der Waals surface area (Å²) >= 11 is 0. The minimum absolute atomic E-state index is 0.0458. The SMILES string of the molecule is CCC(C)(C)C(=O)OC(C)(C)C1CCCCC1.CCC(C)(C)C(=O)OC1C2CC3C(=O)OC1C3C2. The van der Waals surface area contributed by atoms with Crippen LogP contribution in [0, 0.1) is 34.5 Å². The Kier molecular flexibility index (Phi) is 8.33. The van der Waals surface area contributed by atoms with Gasteiger partial charge in [-0.3, -0.25) is 14.4 Å². The standard InChI is InChI=1S/C15H28O2.C14H20O4/c1-6-14(2,3)13(16)17-15(4,5)12-10-8-7-9-11-12;1-4-14(2,3)13(16)18-10-7-5-8-9(6-7)12(15)17-11(8)10/h12H,6-11H2,1-5H3;7-11H,4-6H2,1-3H3. The summed E-state index contributed by atoms with van der Waals surface area (Å²) < 4.78 is 16.8. The quantitative estimate of drug-likeness (QED) is 0.309. The molecule has 1 heterocycles. The Bertz CT molecular complexity index is 791. The van der Waals surface area contributed by atoms with E-state index in [0.717, 1.165) is 25.7 Å². The van der Waals surface area contributed by atoms with Gasteiger partial charge in [0.2, 0.25) is 0 Å². The molecule has 2 bridgehead atoms. The summed E-state index contributed by atoms with van der Waals surface area (Å²) in [4.78, 5) is 35.9. The van der Waals surface area contributed by atoms with Crippen LogP contribution in [0.15, 0.2) is 0 Å². The van der Waals surface area contributed by atoms with Crippen molar-refractivity contribution in [2.75, 3.05) is 0 Å². The Hall–Kier alpha value is -1.59. The predicted octanol–water partition coefficient (Wildman–Crippen LogP) is 6.24. The molecule has 1 aliphatic heterocycles. The van der Waals surface area contributed by atoms with Crippen LogP contribution >= 0.6 is 0 Å². The van der Waals surface area contributed by atoms with Gasteiger partial charge in [-0.15, -0.1) is 0 Å². The average Bonchev–Trinajstić information content (AvgIpc) is 3.45. The molecule has 4 rings (SSSR count). The van der Waals surface area contributed by atoms with E-state index >= 15 is 0 Å².